The van der Waals surface area contributed by atoms with Crippen LogP contribution >= 0.6 is 0 Å². The number of carbonyl (C=O) groups is 1. The molecule has 4 nitrogen and oxygen atoms in total. The number of hydrogen-bond acceptors (Lipinski definition) is 3. The second-order valence-electron chi connectivity index (χ2n) is 6.19. The van der Waals surface area contributed by atoms with Crippen LogP contribution in [0.15, 0.2) is 0 Å². The second kappa shape index (κ2) is 5.25. The lowest BCUT2D eigenvalue weighted by atomic mass is 9.85. The van der Waals surface area contributed by atoms with Gasteiger partial charge in [0.25, 0.3) is 0 Å². The van der Waals surface area contributed by atoms with E-state index in [9.17, 15) is 9.90 Å². The molecule has 1 aliphatic rings. The molecule has 0 bridgehead atoms. The topological polar surface area (TPSA) is 49.8 Å². The molecule has 1 heterocycles. The molecule has 1 rings (SSSR count). The van der Waals surface area contributed by atoms with Gasteiger partial charge >= 0.3 is 6.09 Å². The van der Waals surface area contributed by atoms with Gasteiger partial charge in [0.1, 0.15) is 5.60 Å². The van der Waals surface area contributed by atoms with E-state index in [4.69, 9.17) is 4.74 Å². The largest absolute Gasteiger partial charge is 0.444 e. The summed E-state index contributed by atoms with van der Waals surface area (Å²) in [6, 6.07) is 0. The number of aliphatic hydroxyl groups excluding tert-OH is 1. The highest BCUT2D eigenvalue weighted by atomic mass is 16.6. The Balaban J connectivity index is 2.59. The minimum atomic E-state index is -0.458. The molecule has 100 valence electrons. The van der Waals surface area contributed by atoms with Gasteiger partial charge in [-0.3, -0.25) is 0 Å². The maximum absolute atomic E-state index is 11.9. The fraction of sp³-hybridized carbons (Fsp3) is 0.923. The molecule has 17 heavy (non-hydrogen) atoms. The standard InChI is InChI=1S/C13H25NO3/c1-9(2)10-8-14(7-6-11(10)15)12(16)17-13(3,4)5/h9-11,15H,6-8H2,1-5H3/t10-,11-/m0/s1. The summed E-state index contributed by atoms with van der Waals surface area (Å²) in [5.74, 6) is 0.520. The predicted octanol–water partition coefficient (Wildman–Crippen LogP) is 2.26. The summed E-state index contributed by atoms with van der Waals surface area (Å²) >= 11 is 0. The van der Waals surface area contributed by atoms with Crippen LogP contribution in [0.3, 0.4) is 0 Å². The fourth-order valence-corrected chi connectivity index (χ4v) is 2.12. The van der Waals surface area contributed by atoms with Crippen LogP contribution in [0.4, 0.5) is 4.79 Å². The molecule has 1 N–H and O–H groups in total. The SMILES string of the molecule is CC(C)[C@@H]1CN(C(=O)OC(C)(C)C)CC[C@@H]1O. The molecule has 2 atom stereocenters. The van der Waals surface area contributed by atoms with E-state index in [0.717, 1.165) is 0 Å². The summed E-state index contributed by atoms with van der Waals surface area (Å²) in [7, 11) is 0. The first kappa shape index (κ1) is 14.3. The van der Waals surface area contributed by atoms with Crippen molar-refractivity contribution in [2.75, 3.05) is 13.1 Å². The minimum Gasteiger partial charge on any atom is -0.444 e. The number of rotatable bonds is 1. The van der Waals surface area contributed by atoms with Crippen LogP contribution in [0.5, 0.6) is 0 Å². The molecule has 4 heteroatoms. The molecule has 0 unspecified atom stereocenters. The van der Waals surface area contributed by atoms with Gasteiger partial charge < -0.3 is 14.7 Å². The number of amides is 1. The maximum Gasteiger partial charge on any atom is 0.410 e. The quantitative estimate of drug-likeness (QED) is 0.768. The number of nitrogens with zero attached hydrogens (tertiary/aromatic N) is 1. The zero-order valence-corrected chi connectivity index (χ0v) is 11.6. The number of carbonyl (C=O) groups excluding carboxylic acids is 1. The van der Waals surface area contributed by atoms with Gasteiger partial charge in [0, 0.05) is 19.0 Å². The molecule has 0 radical (unpaired) electrons. The van der Waals surface area contributed by atoms with E-state index < -0.39 is 5.60 Å². The Bertz CT molecular complexity index is 270. The van der Waals surface area contributed by atoms with E-state index in [1.807, 2.05) is 20.8 Å². The predicted molar refractivity (Wildman–Crippen MR) is 66.8 cm³/mol. The van der Waals surface area contributed by atoms with Crippen molar-refractivity contribution in [1.29, 1.82) is 0 Å². The Kier molecular flexibility index (Phi) is 4.42. The van der Waals surface area contributed by atoms with Crippen molar-refractivity contribution in [3.63, 3.8) is 0 Å². The zero-order valence-electron chi connectivity index (χ0n) is 11.6. The van der Waals surface area contributed by atoms with Crippen molar-refractivity contribution in [3.05, 3.63) is 0 Å². The van der Waals surface area contributed by atoms with Crippen LogP contribution in [0, 0.1) is 11.8 Å². The normalized spacial score (nSPS) is 26.2. The van der Waals surface area contributed by atoms with Crippen LogP contribution in [0.2, 0.25) is 0 Å². The first-order valence-electron chi connectivity index (χ1n) is 6.36. The van der Waals surface area contributed by atoms with E-state index in [1.54, 1.807) is 4.90 Å². The van der Waals surface area contributed by atoms with Gasteiger partial charge in [-0.05, 0) is 33.1 Å². The van der Waals surface area contributed by atoms with Crippen molar-refractivity contribution in [3.8, 4) is 0 Å². The number of likely N-dealkylation sites (tertiary alicyclic amines) is 1. The molecule has 1 amide bonds. The summed E-state index contributed by atoms with van der Waals surface area (Å²) in [5.41, 5.74) is -0.458. The molecule has 0 aliphatic carbocycles. The van der Waals surface area contributed by atoms with E-state index in [-0.39, 0.29) is 18.1 Å². The van der Waals surface area contributed by atoms with E-state index >= 15 is 0 Å². The molecule has 0 aromatic rings. The lowest BCUT2D eigenvalue weighted by Gasteiger charge is -2.38. The van der Waals surface area contributed by atoms with Crippen molar-refractivity contribution in [2.24, 2.45) is 11.8 Å². The Morgan fingerprint density at radius 2 is 2.00 bits per heavy atom. The smallest absolute Gasteiger partial charge is 0.410 e. The number of hydrogen-bond donors (Lipinski definition) is 1. The minimum absolute atomic E-state index is 0.149. The average Bonchev–Trinajstić information content (AvgIpc) is 2.14. The highest BCUT2D eigenvalue weighted by molar-refractivity contribution is 5.68. The van der Waals surface area contributed by atoms with E-state index in [1.165, 1.54) is 0 Å². The summed E-state index contributed by atoms with van der Waals surface area (Å²) in [6.45, 7) is 10.9. The first-order valence-corrected chi connectivity index (χ1v) is 6.36. The van der Waals surface area contributed by atoms with Crippen LogP contribution in [0.1, 0.15) is 41.0 Å². The first-order chi connectivity index (χ1) is 7.70. The molecule has 0 aromatic carbocycles. The van der Waals surface area contributed by atoms with Crippen LogP contribution in [0.25, 0.3) is 0 Å². The Hall–Kier alpha value is -0.770. The molecule has 0 spiro atoms. The van der Waals surface area contributed by atoms with E-state index in [2.05, 4.69) is 13.8 Å². The van der Waals surface area contributed by atoms with Gasteiger partial charge in [-0.2, -0.15) is 0 Å². The fourth-order valence-electron chi connectivity index (χ4n) is 2.12. The van der Waals surface area contributed by atoms with Crippen LogP contribution < -0.4 is 0 Å². The van der Waals surface area contributed by atoms with Gasteiger partial charge in [0.05, 0.1) is 6.10 Å². The highest BCUT2D eigenvalue weighted by Crippen LogP contribution is 2.25. The molecular formula is C13H25NO3. The molecule has 0 saturated carbocycles. The lowest BCUT2D eigenvalue weighted by molar-refractivity contribution is -0.0181. The highest BCUT2D eigenvalue weighted by Gasteiger charge is 2.33. The van der Waals surface area contributed by atoms with Crippen molar-refractivity contribution in [2.45, 2.75) is 52.7 Å². The van der Waals surface area contributed by atoms with Crippen molar-refractivity contribution < 1.29 is 14.6 Å². The number of ether oxygens (including phenoxy) is 1. The number of aliphatic hydroxyl groups is 1. The average molecular weight is 243 g/mol. The van der Waals surface area contributed by atoms with Gasteiger partial charge in [0.15, 0.2) is 0 Å². The Labute approximate surface area is 104 Å². The number of piperidine rings is 1. The van der Waals surface area contributed by atoms with E-state index in [0.29, 0.717) is 25.4 Å². The Morgan fingerprint density at radius 1 is 1.41 bits per heavy atom. The zero-order chi connectivity index (χ0) is 13.2. The third kappa shape index (κ3) is 4.19. The van der Waals surface area contributed by atoms with Crippen LogP contribution in [-0.2, 0) is 4.74 Å². The van der Waals surface area contributed by atoms with Crippen molar-refractivity contribution in [1.82, 2.24) is 4.90 Å². The lowest BCUT2D eigenvalue weighted by Crippen LogP contribution is -2.49. The summed E-state index contributed by atoms with van der Waals surface area (Å²) in [5, 5.41) is 9.89. The van der Waals surface area contributed by atoms with Crippen LogP contribution in [-0.4, -0.2) is 40.9 Å². The Morgan fingerprint density at radius 3 is 2.47 bits per heavy atom. The molecule has 0 aromatic heterocycles. The van der Waals surface area contributed by atoms with Gasteiger partial charge in [-0.25, -0.2) is 4.79 Å². The summed E-state index contributed by atoms with van der Waals surface area (Å²) in [6.07, 6.45) is 0.0750. The molecular weight excluding hydrogens is 218 g/mol. The molecule has 1 fully saturated rings. The maximum atomic E-state index is 11.9. The second-order valence-corrected chi connectivity index (χ2v) is 6.19. The summed E-state index contributed by atoms with van der Waals surface area (Å²) in [4.78, 5) is 13.6. The van der Waals surface area contributed by atoms with Gasteiger partial charge in [0.2, 0.25) is 0 Å². The van der Waals surface area contributed by atoms with Crippen molar-refractivity contribution >= 4 is 6.09 Å². The summed E-state index contributed by atoms with van der Waals surface area (Å²) < 4.78 is 5.35. The molecule has 1 saturated heterocycles. The van der Waals surface area contributed by atoms with Gasteiger partial charge in [-0.1, -0.05) is 13.8 Å². The van der Waals surface area contributed by atoms with Gasteiger partial charge in [-0.15, -0.1) is 0 Å². The third-order valence-electron chi connectivity index (χ3n) is 3.13. The molecule has 1 aliphatic heterocycles. The third-order valence-corrected chi connectivity index (χ3v) is 3.13. The monoisotopic (exact) mass is 243 g/mol.